The van der Waals surface area contributed by atoms with Gasteiger partial charge >= 0.3 is 0 Å². The molecule has 10 heteroatoms. The number of aryl methyl sites for hydroxylation is 1. The summed E-state index contributed by atoms with van der Waals surface area (Å²) in [5.74, 6) is -0.463. The molecule has 1 heterocycles. The molecule has 0 unspecified atom stereocenters. The quantitative estimate of drug-likeness (QED) is 0.282. The highest BCUT2D eigenvalue weighted by molar-refractivity contribution is 8.27. The van der Waals surface area contributed by atoms with Gasteiger partial charge in [0.2, 0.25) is 0 Å². The maximum atomic E-state index is 13.5. The molecule has 1 fully saturated rings. The van der Waals surface area contributed by atoms with Crippen LogP contribution < -0.4 is 19.7 Å². The van der Waals surface area contributed by atoms with E-state index in [0.29, 0.717) is 37.7 Å². The fraction of sp³-hybridized carbons (Fsp3) is 0.115. The first-order valence-corrected chi connectivity index (χ1v) is 12.3. The van der Waals surface area contributed by atoms with Crippen molar-refractivity contribution < 1.29 is 23.5 Å². The van der Waals surface area contributed by atoms with Crippen molar-refractivity contribution in [2.75, 3.05) is 23.9 Å². The maximum Gasteiger partial charge on any atom is 0.270 e. The smallest absolute Gasteiger partial charge is 0.270 e. The van der Waals surface area contributed by atoms with Gasteiger partial charge in [0, 0.05) is 5.69 Å². The maximum absolute atomic E-state index is 13.5. The highest BCUT2D eigenvalue weighted by Gasteiger charge is 2.33. The summed E-state index contributed by atoms with van der Waals surface area (Å²) in [7, 11) is 1.48. The molecule has 6 nitrogen and oxygen atoms in total. The standard InChI is InChI=1S/C26H20ClFN2O4S2/c1-15-4-3-5-17(10-15)29-24(31)14-34-21-9-6-16(11-22(21)33-2)12-23-25(32)30(26(35)36-23)18-7-8-20(28)19(27)13-18/h3-13H,14H2,1-2H3,(H,29,31)/b23-12+. The molecule has 0 radical (unpaired) electrons. The summed E-state index contributed by atoms with van der Waals surface area (Å²) in [6.07, 6.45) is 1.67. The number of hydrogen-bond donors (Lipinski definition) is 1. The van der Waals surface area contributed by atoms with Crippen LogP contribution in [0.1, 0.15) is 11.1 Å². The van der Waals surface area contributed by atoms with Crippen LogP contribution in [-0.4, -0.2) is 29.9 Å². The summed E-state index contributed by atoms with van der Waals surface area (Å²) in [5.41, 5.74) is 2.77. The number of carbonyl (C=O) groups is 2. The first kappa shape index (κ1) is 25.7. The van der Waals surface area contributed by atoms with Crippen LogP contribution in [-0.2, 0) is 9.59 Å². The molecule has 1 aliphatic rings. The van der Waals surface area contributed by atoms with E-state index in [4.69, 9.17) is 33.3 Å². The number of hydrogen-bond acceptors (Lipinski definition) is 6. The van der Waals surface area contributed by atoms with Gasteiger partial charge in [-0.25, -0.2) is 4.39 Å². The average molecular weight is 543 g/mol. The summed E-state index contributed by atoms with van der Waals surface area (Å²) >= 11 is 12.3. The van der Waals surface area contributed by atoms with Gasteiger partial charge in [-0.1, -0.05) is 53.8 Å². The number of nitrogens with zero attached hydrogens (tertiary/aromatic N) is 1. The first-order valence-electron chi connectivity index (χ1n) is 10.7. The second kappa shape index (κ2) is 11.1. The normalized spacial score (nSPS) is 14.3. The van der Waals surface area contributed by atoms with E-state index in [-0.39, 0.29) is 23.4 Å². The van der Waals surface area contributed by atoms with Crippen LogP contribution in [0.4, 0.5) is 15.8 Å². The van der Waals surface area contributed by atoms with Crippen molar-refractivity contribution >= 4 is 69.2 Å². The van der Waals surface area contributed by atoms with E-state index >= 15 is 0 Å². The van der Waals surface area contributed by atoms with Gasteiger partial charge in [-0.3, -0.25) is 14.5 Å². The van der Waals surface area contributed by atoms with Crippen LogP contribution in [0.2, 0.25) is 5.02 Å². The Hall–Kier alpha value is -3.40. The second-order valence-electron chi connectivity index (χ2n) is 7.73. The Labute approximate surface area is 222 Å². The van der Waals surface area contributed by atoms with Crippen molar-refractivity contribution in [1.82, 2.24) is 0 Å². The molecule has 0 spiro atoms. The SMILES string of the molecule is COc1cc(/C=C2/SC(=S)N(c3ccc(F)c(Cl)c3)C2=O)ccc1OCC(=O)Nc1cccc(C)c1. The van der Waals surface area contributed by atoms with Crippen LogP contribution in [0.15, 0.2) is 65.6 Å². The van der Waals surface area contributed by atoms with Crippen molar-refractivity contribution in [3.05, 3.63) is 87.5 Å². The lowest BCUT2D eigenvalue weighted by atomic mass is 10.1. The molecule has 0 atom stereocenters. The summed E-state index contributed by atoms with van der Waals surface area (Å²) in [4.78, 5) is 27.0. The lowest BCUT2D eigenvalue weighted by molar-refractivity contribution is -0.118. The van der Waals surface area contributed by atoms with Crippen LogP contribution in [0, 0.1) is 12.7 Å². The molecule has 0 aliphatic carbocycles. The van der Waals surface area contributed by atoms with E-state index in [9.17, 15) is 14.0 Å². The molecule has 184 valence electrons. The minimum atomic E-state index is -0.580. The number of carbonyl (C=O) groups excluding carboxylic acids is 2. The highest BCUT2D eigenvalue weighted by Crippen LogP contribution is 2.38. The number of thiocarbonyl (C=S) groups is 1. The third kappa shape index (κ3) is 5.87. The van der Waals surface area contributed by atoms with E-state index in [1.807, 2.05) is 25.1 Å². The fourth-order valence-electron chi connectivity index (χ4n) is 3.42. The van der Waals surface area contributed by atoms with Gasteiger partial charge in [0.1, 0.15) is 5.82 Å². The summed E-state index contributed by atoms with van der Waals surface area (Å²) < 4.78 is 24.9. The van der Waals surface area contributed by atoms with Gasteiger partial charge in [0.05, 0.1) is 22.7 Å². The van der Waals surface area contributed by atoms with Crippen LogP contribution in [0.3, 0.4) is 0 Å². The van der Waals surface area contributed by atoms with Gasteiger partial charge in [0.25, 0.3) is 11.8 Å². The predicted octanol–water partition coefficient (Wildman–Crippen LogP) is 6.22. The zero-order valence-electron chi connectivity index (χ0n) is 19.2. The number of halogens is 2. The predicted molar refractivity (Wildman–Crippen MR) is 145 cm³/mol. The van der Waals surface area contributed by atoms with Gasteiger partial charge < -0.3 is 14.8 Å². The van der Waals surface area contributed by atoms with Crippen molar-refractivity contribution in [2.45, 2.75) is 6.92 Å². The average Bonchev–Trinajstić information content (AvgIpc) is 3.12. The van der Waals surface area contributed by atoms with E-state index in [2.05, 4.69) is 5.32 Å². The zero-order valence-corrected chi connectivity index (χ0v) is 21.6. The fourth-order valence-corrected chi connectivity index (χ4v) is 4.90. The van der Waals surface area contributed by atoms with Gasteiger partial charge in [-0.15, -0.1) is 0 Å². The number of rotatable bonds is 7. The molecule has 4 rings (SSSR count). The molecule has 2 amide bonds. The zero-order chi connectivity index (χ0) is 25.8. The number of thioether (sulfide) groups is 1. The lowest BCUT2D eigenvalue weighted by Gasteiger charge is -2.14. The Balaban J connectivity index is 1.46. The second-order valence-corrected chi connectivity index (χ2v) is 9.82. The van der Waals surface area contributed by atoms with Gasteiger partial charge in [-0.05, 0) is 66.6 Å². The van der Waals surface area contributed by atoms with Crippen molar-refractivity contribution in [2.24, 2.45) is 0 Å². The van der Waals surface area contributed by atoms with Crippen LogP contribution in [0.5, 0.6) is 11.5 Å². The topological polar surface area (TPSA) is 67.9 Å². The number of methoxy groups -OCH3 is 1. The van der Waals surface area contributed by atoms with E-state index in [0.717, 1.165) is 17.3 Å². The minimum Gasteiger partial charge on any atom is -0.493 e. The van der Waals surface area contributed by atoms with Gasteiger partial charge in [-0.2, -0.15) is 0 Å². The van der Waals surface area contributed by atoms with E-state index in [1.165, 1.54) is 30.2 Å². The highest BCUT2D eigenvalue weighted by atomic mass is 35.5. The Morgan fingerprint density at radius 2 is 1.97 bits per heavy atom. The van der Waals surface area contributed by atoms with Crippen molar-refractivity contribution in [1.29, 1.82) is 0 Å². The van der Waals surface area contributed by atoms with E-state index in [1.54, 1.807) is 30.3 Å². The molecule has 3 aromatic rings. The first-order chi connectivity index (χ1) is 17.2. The monoisotopic (exact) mass is 542 g/mol. The van der Waals surface area contributed by atoms with Crippen LogP contribution >= 0.6 is 35.6 Å². The van der Waals surface area contributed by atoms with Crippen LogP contribution in [0.25, 0.3) is 6.08 Å². The van der Waals surface area contributed by atoms with Gasteiger partial charge in [0.15, 0.2) is 22.4 Å². The molecule has 1 aliphatic heterocycles. The molecular formula is C26H20ClFN2O4S2. The summed E-state index contributed by atoms with van der Waals surface area (Å²) in [6.45, 7) is 1.73. The Morgan fingerprint density at radius 3 is 2.69 bits per heavy atom. The Bertz CT molecular complexity index is 1400. The number of benzene rings is 3. The summed E-state index contributed by atoms with van der Waals surface area (Å²) in [5, 5.41) is 2.68. The number of amides is 2. The molecule has 0 bridgehead atoms. The molecule has 1 saturated heterocycles. The number of nitrogens with one attached hydrogen (secondary N) is 1. The Kier molecular flexibility index (Phi) is 7.93. The third-order valence-electron chi connectivity index (χ3n) is 5.10. The van der Waals surface area contributed by atoms with E-state index < -0.39 is 5.82 Å². The third-order valence-corrected chi connectivity index (χ3v) is 6.69. The molecule has 1 N–H and O–H groups in total. The Morgan fingerprint density at radius 1 is 1.17 bits per heavy atom. The minimum absolute atomic E-state index is 0.0987. The molecule has 0 saturated carbocycles. The molecule has 36 heavy (non-hydrogen) atoms. The molecule has 0 aromatic heterocycles. The largest absolute Gasteiger partial charge is 0.493 e. The van der Waals surface area contributed by atoms with Crippen molar-refractivity contribution in [3.63, 3.8) is 0 Å². The summed E-state index contributed by atoms with van der Waals surface area (Å²) in [6, 6.07) is 16.5. The number of ether oxygens (including phenoxy) is 2. The van der Waals surface area contributed by atoms with Crippen molar-refractivity contribution in [3.8, 4) is 11.5 Å². The molecular weight excluding hydrogens is 523 g/mol. The molecule has 3 aromatic carbocycles. The lowest BCUT2D eigenvalue weighted by Crippen LogP contribution is -2.27. The number of anilines is 2.